The van der Waals surface area contributed by atoms with E-state index in [9.17, 15) is 5.11 Å². The van der Waals surface area contributed by atoms with E-state index in [0.717, 1.165) is 16.5 Å². The molecule has 0 bridgehead atoms. The maximum absolute atomic E-state index is 11.3. The molecule has 0 saturated carbocycles. The summed E-state index contributed by atoms with van der Waals surface area (Å²) < 4.78 is 2.42. The first-order chi connectivity index (χ1) is 18.0. The van der Waals surface area contributed by atoms with Crippen molar-refractivity contribution in [1.29, 1.82) is 0 Å². The van der Waals surface area contributed by atoms with Crippen LogP contribution in [0, 0.1) is 20.8 Å². The summed E-state index contributed by atoms with van der Waals surface area (Å²) in [4.78, 5) is 2.28. The zero-order valence-corrected chi connectivity index (χ0v) is 21.5. The van der Waals surface area contributed by atoms with Gasteiger partial charge < -0.3 is 5.11 Å². The molecule has 1 N–H and O–H groups in total. The van der Waals surface area contributed by atoms with E-state index in [2.05, 4.69) is 122 Å². The molecule has 6 rings (SSSR count). The minimum Gasteiger partial charge on any atom is -0.504 e. The highest BCUT2D eigenvalue weighted by atomic mass is 16.3. The number of aromatic hydroxyl groups is 1. The van der Waals surface area contributed by atoms with E-state index in [4.69, 9.17) is 0 Å². The number of anilines is 1. The first-order valence-electron chi connectivity index (χ1n) is 12.8. The van der Waals surface area contributed by atoms with Crippen LogP contribution < -0.4 is 4.90 Å². The van der Waals surface area contributed by atoms with Gasteiger partial charge in [-0.15, -0.1) is 0 Å². The minimum absolute atomic E-state index is 0.00192. The van der Waals surface area contributed by atoms with Gasteiger partial charge in [-0.05, 0) is 49.4 Å². The number of phenolic OH excluding ortho intramolecular Hbond substituents is 1. The molecule has 2 atom stereocenters. The van der Waals surface area contributed by atoms with E-state index >= 15 is 0 Å². The summed E-state index contributed by atoms with van der Waals surface area (Å²) in [5.41, 5.74) is 8.22. The number of phenols is 1. The van der Waals surface area contributed by atoms with Crippen LogP contribution in [0.15, 0.2) is 109 Å². The smallest absolute Gasteiger partial charge is 0.246 e. The molecule has 0 unspecified atom stereocenters. The summed E-state index contributed by atoms with van der Waals surface area (Å²) in [7, 11) is 0. The zero-order chi connectivity index (χ0) is 25.5. The van der Waals surface area contributed by atoms with Crippen LogP contribution in [0.25, 0.3) is 10.8 Å². The molecule has 0 fully saturated rings. The molecule has 0 aromatic heterocycles. The Morgan fingerprint density at radius 3 is 1.95 bits per heavy atom. The number of benzene rings is 5. The molecule has 0 radical (unpaired) electrons. The maximum atomic E-state index is 11.3. The van der Waals surface area contributed by atoms with Crippen molar-refractivity contribution < 1.29 is 9.68 Å². The second kappa shape index (κ2) is 9.25. The lowest BCUT2D eigenvalue weighted by Crippen LogP contribution is -2.26. The third kappa shape index (κ3) is 3.97. The van der Waals surface area contributed by atoms with E-state index in [1.807, 2.05) is 24.3 Å². The topological polar surface area (TPSA) is 26.5 Å². The Kier molecular flexibility index (Phi) is 5.77. The number of hydrogen-bond acceptors (Lipinski definition) is 2. The van der Waals surface area contributed by atoms with E-state index < -0.39 is 0 Å². The summed E-state index contributed by atoms with van der Waals surface area (Å²) in [6, 6.07) is 37.9. The second-order valence-corrected chi connectivity index (χ2v) is 10.0. The van der Waals surface area contributed by atoms with Crippen LogP contribution in [-0.4, -0.2) is 16.0 Å². The molecule has 182 valence electrons. The summed E-state index contributed by atoms with van der Waals surface area (Å²) in [6.45, 7) is 6.54. The first kappa shape index (κ1) is 23.1. The summed E-state index contributed by atoms with van der Waals surface area (Å²) in [6.07, 6.45) is 2.21. The van der Waals surface area contributed by atoms with Crippen molar-refractivity contribution in [1.82, 2.24) is 0 Å². The van der Waals surface area contributed by atoms with Crippen LogP contribution in [0.4, 0.5) is 11.4 Å². The molecule has 0 aliphatic carbocycles. The van der Waals surface area contributed by atoms with Crippen molar-refractivity contribution in [3.8, 4) is 5.75 Å². The summed E-state index contributed by atoms with van der Waals surface area (Å²) in [5.74, 6) is 0.280. The van der Waals surface area contributed by atoms with Gasteiger partial charge in [0, 0.05) is 16.5 Å². The average Bonchev–Trinajstić information content (AvgIpc) is 3.28. The number of nitrogens with zero attached hydrogens (tertiary/aromatic N) is 2. The molecule has 5 aromatic carbocycles. The Balaban J connectivity index is 1.68. The van der Waals surface area contributed by atoms with Crippen LogP contribution >= 0.6 is 0 Å². The fourth-order valence-electron chi connectivity index (χ4n) is 6.06. The SMILES string of the molecule is Cc1cc(C)c([N+]2=CN(c3c(O)ccc4ccccc34)[C@@H](c3ccccc3)[C@@H]2c2ccccc2)c(C)c1. The lowest BCUT2D eigenvalue weighted by Gasteiger charge is -2.25. The van der Waals surface area contributed by atoms with E-state index in [1.165, 1.54) is 33.5 Å². The van der Waals surface area contributed by atoms with Gasteiger partial charge in [0.05, 0.1) is 0 Å². The Morgan fingerprint density at radius 2 is 1.27 bits per heavy atom. The number of hydrogen-bond donors (Lipinski definition) is 1. The van der Waals surface area contributed by atoms with Crippen molar-refractivity contribution in [3.63, 3.8) is 0 Å². The highest BCUT2D eigenvalue weighted by molar-refractivity contribution is 6.02. The number of fused-ring (bicyclic) bond motifs is 1. The van der Waals surface area contributed by atoms with E-state index in [1.54, 1.807) is 0 Å². The molecule has 1 aliphatic rings. The van der Waals surface area contributed by atoms with Gasteiger partial charge in [-0.25, -0.2) is 9.48 Å². The molecule has 0 saturated heterocycles. The predicted molar refractivity (Wildman–Crippen MR) is 153 cm³/mol. The maximum Gasteiger partial charge on any atom is 0.246 e. The number of aryl methyl sites for hydroxylation is 3. The third-order valence-corrected chi connectivity index (χ3v) is 7.46. The Labute approximate surface area is 218 Å². The Morgan fingerprint density at radius 1 is 0.676 bits per heavy atom. The molecular formula is C34H31N2O+. The Bertz CT molecular complexity index is 1600. The lowest BCUT2D eigenvalue weighted by molar-refractivity contribution is -0.482. The zero-order valence-electron chi connectivity index (χ0n) is 21.5. The lowest BCUT2D eigenvalue weighted by atomic mass is 9.91. The van der Waals surface area contributed by atoms with Crippen LogP contribution in [0.2, 0.25) is 0 Å². The van der Waals surface area contributed by atoms with Gasteiger partial charge in [-0.2, -0.15) is 0 Å². The summed E-state index contributed by atoms with van der Waals surface area (Å²) in [5, 5.41) is 13.5. The molecular weight excluding hydrogens is 452 g/mol. The predicted octanol–water partition coefficient (Wildman–Crippen LogP) is 8.15. The molecule has 5 aromatic rings. The van der Waals surface area contributed by atoms with Crippen LogP contribution in [0.3, 0.4) is 0 Å². The molecule has 0 spiro atoms. The third-order valence-electron chi connectivity index (χ3n) is 7.46. The van der Waals surface area contributed by atoms with Crippen LogP contribution in [0.1, 0.15) is 39.9 Å². The minimum atomic E-state index is -0.0552. The largest absolute Gasteiger partial charge is 0.504 e. The van der Waals surface area contributed by atoms with Crippen molar-refractivity contribution in [2.75, 3.05) is 4.90 Å². The standard InChI is InChI=1S/C34H30N2O/c1-23-20-24(2)31(25(3)21-23)35-22-36(34-29-17-11-10-12-26(29)18-19-30(34)37)33(28-15-8-5-9-16-28)32(35)27-13-6-4-7-14-27/h4-22,32-33H,1-3H3/p+1/t32-,33-/m0/s1. The Hall–Kier alpha value is -4.37. The number of rotatable bonds is 4. The molecule has 3 heteroatoms. The second-order valence-electron chi connectivity index (χ2n) is 10.0. The van der Waals surface area contributed by atoms with E-state index in [-0.39, 0.29) is 17.8 Å². The van der Waals surface area contributed by atoms with Gasteiger partial charge in [-0.3, -0.25) is 0 Å². The van der Waals surface area contributed by atoms with Crippen molar-refractivity contribution >= 4 is 28.5 Å². The first-order valence-corrected chi connectivity index (χ1v) is 12.8. The molecule has 0 amide bonds. The average molecular weight is 484 g/mol. The normalized spacial score (nSPS) is 17.3. The van der Waals surface area contributed by atoms with Gasteiger partial charge in [0.15, 0.2) is 23.5 Å². The monoisotopic (exact) mass is 483 g/mol. The highest BCUT2D eigenvalue weighted by Gasteiger charge is 2.47. The van der Waals surface area contributed by atoms with Crippen LogP contribution in [-0.2, 0) is 0 Å². The van der Waals surface area contributed by atoms with Crippen molar-refractivity contribution in [2.45, 2.75) is 32.9 Å². The van der Waals surface area contributed by atoms with Gasteiger partial charge in [0.1, 0.15) is 5.69 Å². The molecule has 1 heterocycles. The van der Waals surface area contributed by atoms with E-state index in [0.29, 0.717) is 0 Å². The van der Waals surface area contributed by atoms with Crippen molar-refractivity contribution in [2.24, 2.45) is 0 Å². The van der Waals surface area contributed by atoms with Gasteiger partial charge in [0.25, 0.3) is 0 Å². The van der Waals surface area contributed by atoms with Gasteiger partial charge in [0.2, 0.25) is 6.34 Å². The fourth-order valence-corrected chi connectivity index (χ4v) is 6.06. The molecule has 1 aliphatic heterocycles. The van der Waals surface area contributed by atoms with Crippen molar-refractivity contribution in [3.05, 3.63) is 137 Å². The highest BCUT2D eigenvalue weighted by Crippen LogP contribution is 2.49. The molecule has 3 nitrogen and oxygen atoms in total. The molecule has 37 heavy (non-hydrogen) atoms. The van der Waals surface area contributed by atoms with Crippen LogP contribution in [0.5, 0.6) is 5.75 Å². The summed E-state index contributed by atoms with van der Waals surface area (Å²) >= 11 is 0. The fraction of sp³-hybridized carbons (Fsp3) is 0.147. The quantitative estimate of drug-likeness (QED) is 0.261. The van der Waals surface area contributed by atoms with Gasteiger partial charge >= 0.3 is 0 Å². The van der Waals surface area contributed by atoms with Gasteiger partial charge in [-0.1, -0.05) is 103 Å².